The highest BCUT2D eigenvalue weighted by molar-refractivity contribution is 6.20. The molecule has 0 heterocycles. The van der Waals surface area contributed by atoms with Crippen molar-refractivity contribution >= 4 is 24.0 Å². The second-order valence-corrected chi connectivity index (χ2v) is 1.86. The minimum Gasteiger partial charge on any atom is -0.329 e. The van der Waals surface area contributed by atoms with Crippen molar-refractivity contribution in [1.29, 1.82) is 0 Å². The average Bonchev–Trinajstić information content (AvgIpc) is 1.65. The molecule has 0 rings (SSSR count). The van der Waals surface area contributed by atoms with E-state index in [1.807, 2.05) is 6.92 Å². The normalized spacial score (nSPS) is 12.4. The van der Waals surface area contributed by atoms with E-state index in [0.717, 1.165) is 6.42 Å². The van der Waals surface area contributed by atoms with Crippen molar-refractivity contribution in [3.05, 3.63) is 0 Å². The summed E-state index contributed by atoms with van der Waals surface area (Å²) in [6.45, 7) is 2.61. The summed E-state index contributed by atoms with van der Waals surface area (Å²) in [6.07, 6.45) is 0.970. The van der Waals surface area contributed by atoms with Crippen LogP contribution in [-0.2, 0) is 0 Å². The lowest BCUT2D eigenvalue weighted by atomic mass is 10.3. The molecule has 0 aliphatic heterocycles. The lowest BCUT2D eigenvalue weighted by molar-refractivity contribution is 0.817. The van der Waals surface area contributed by atoms with Crippen LogP contribution in [-0.4, -0.2) is 11.9 Å². The van der Waals surface area contributed by atoms with Gasteiger partial charge in [-0.05, 0) is 6.42 Å². The third-order valence-corrected chi connectivity index (χ3v) is 1.19. The zero-order valence-corrected chi connectivity index (χ0v) is 5.93. The molecule has 1 nitrogen and oxygen atoms in total. The van der Waals surface area contributed by atoms with Crippen LogP contribution < -0.4 is 5.73 Å². The molecule has 0 bridgehead atoms. The van der Waals surface area contributed by atoms with Gasteiger partial charge in [0.2, 0.25) is 0 Å². The number of hydrogen-bond acceptors (Lipinski definition) is 1. The SMILES string of the molecule is CCC(Cl)CN.Cl. The summed E-state index contributed by atoms with van der Waals surface area (Å²) in [4.78, 5) is 0. The highest BCUT2D eigenvalue weighted by Gasteiger charge is 1.92. The van der Waals surface area contributed by atoms with Gasteiger partial charge < -0.3 is 5.73 Å². The van der Waals surface area contributed by atoms with Crippen molar-refractivity contribution in [2.75, 3.05) is 6.54 Å². The van der Waals surface area contributed by atoms with Crippen LogP contribution in [0.15, 0.2) is 0 Å². The third kappa shape index (κ3) is 6.54. The fourth-order valence-corrected chi connectivity index (χ4v) is 0.167. The molecule has 1 atom stereocenters. The van der Waals surface area contributed by atoms with Crippen molar-refractivity contribution < 1.29 is 0 Å². The Hall–Kier alpha value is 0.540. The first-order chi connectivity index (χ1) is 2.81. The van der Waals surface area contributed by atoms with E-state index in [-0.39, 0.29) is 17.8 Å². The van der Waals surface area contributed by atoms with Crippen LogP contribution >= 0.6 is 24.0 Å². The number of nitrogens with two attached hydrogens (primary N) is 1. The number of rotatable bonds is 2. The average molecular weight is 144 g/mol. The van der Waals surface area contributed by atoms with E-state index >= 15 is 0 Å². The maximum absolute atomic E-state index is 5.52. The molecule has 0 radical (unpaired) electrons. The van der Waals surface area contributed by atoms with E-state index in [9.17, 15) is 0 Å². The van der Waals surface area contributed by atoms with Crippen LogP contribution in [0.5, 0.6) is 0 Å². The Morgan fingerprint density at radius 1 is 1.71 bits per heavy atom. The van der Waals surface area contributed by atoms with E-state index in [1.54, 1.807) is 0 Å². The van der Waals surface area contributed by atoms with Gasteiger partial charge >= 0.3 is 0 Å². The molecule has 7 heavy (non-hydrogen) atoms. The highest BCUT2D eigenvalue weighted by atomic mass is 35.5. The van der Waals surface area contributed by atoms with Crippen LogP contribution in [0, 0.1) is 0 Å². The van der Waals surface area contributed by atoms with E-state index in [2.05, 4.69) is 0 Å². The molecular formula is C4H11Cl2N. The number of hydrogen-bond donors (Lipinski definition) is 1. The maximum atomic E-state index is 5.52. The third-order valence-electron chi connectivity index (χ3n) is 0.699. The molecule has 0 aliphatic rings. The fraction of sp³-hybridized carbons (Fsp3) is 1.00. The van der Waals surface area contributed by atoms with Gasteiger partial charge in [0.1, 0.15) is 0 Å². The van der Waals surface area contributed by atoms with Crippen molar-refractivity contribution in [2.24, 2.45) is 5.73 Å². The summed E-state index contributed by atoms with van der Waals surface area (Å²) >= 11 is 5.52. The molecule has 0 fully saturated rings. The Kier molecular flexibility index (Phi) is 9.82. The van der Waals surface area contributed by atoms with Gasteiger partial charge in [-0.3, -0.25) is 0 Å². The van der Waals surface area contributed by atoms with Crippen LogP contribution in [0.1, 0.15) is 13.3 Å². The summed E-state index contributed by atoms with van der Waals surface area (Å²) < 4.78 is 0. The molecule has 0 saturated carbocycles. The Morgan fingerprint density at radius 3 is 2.14 bits per heavy atom. The molecule has 0 saturated heterocycles. The van der Waals surface area contributed by atoms with Gasteiger partial charge in [0, 0.05) is 11.9 Å². The Labute approximate surface area is 55.6 Å². The van der Waals surface area contributed by atoms with Gasteiger partial charge in [-0.2, -0.15) is 0 Å². The van der Waals surface area contributed by atoms with Crippen LogP contribution in [0.4, 0.5) is 0 Å². The largest absolute Gasteiger partial charge is 0.329 e. The van der Waals surface area contributed by atoms with E-state index in [1.165, 1.54) is 0 Å². The molecule has 0 spiro atoms. The molecule has 46 valence electrons. The molecule has 2 N–H and O–H groups in total. The Bertz CT molecular complexity index is 28.9. The smallest absolute Gasteiger partial charge is 0.0455 e. The lowest BCUT2D eigenvalue weighted by Crippen LogP contribution is -2.11. The number of alkyl halides is 1. The molecule has 3 heteroatoms. The summed E-state index contributed by atoms with van der Waals surface area (Å²) in [5, 5.41) is 0.185. The molecule has 0 aliphatic carbocycles. The molecule has 0 aromatic carbocycles. The first kappa shape index (κ1) is 10.5. The predicted octanol–water partition coefficient (Wildman–Crippen LogP) is 1.38. The minimum absolute atomic E-state index is 0. The van der Waals surface area contributed by atoms with E-state index < -0.39 is 0 Å². The summed E-state index contributed by atoms with van der Waals surface area (Å²) in [5.74, 6) is 0. The van der Waals surface area contributed by atoms with Gasteiger partial charge in [0.05, 0.1) is 0 Å². The van der Waals surface area contributed by atoms with Crippen molar-refractivity contribution in [3.8, 4) is 0 Å². The number of halogens is 2. The summed E-state index contributed by atoms with van der Waals surface area (Å²) in [5.41, 5.74) is 5.15. The summed E-state index contributed by atoms with van der Waals surface area (Å²) in [6, 6.07) is 0. The van der Waals surface area contributed by atoms with Gasteiger partial charge in [0.25, 0.3) is 0 Å². The molecule has 0 aromatic rings. The fourth-order valence-electron chi connectivity index (χ4n) is 0.167. The van der Waals surface area contributed by atoms with Crippen LogP contribution in [0.2, 0.25) is 0 Å². The van der Waals surface area contributed by atoms with Gasteiger partial charge in [-0.15, -0.1) is 24.0 Å². The van der Waals surface area contributed by atoms with Crippen LogP contribution in [0.3, 0.4) is 0 Å². The van der Waals surface area contributed by atoms with Gasteiger partial charge in [-0.1, -0.05) is 6.92 Å². The zero-order chi connectivity index (χ0) is 4.99. The Morgan fingerprint density at radius 2 is 2.14 bits per heavy atom. The molecule has 1 unspecified atom stereocenters. The van der Waals surface area contributed by atoms with Crippen molar-refractivity contribution in [2.45, 2.75) is 18.7 Å². The van der Waals surface area contributed by atoms with Gasteiger partial charge in [0.15, 0.2) is 0 Å². The maximum Gasteiger partial charge on any atom is 0.0455 e. The lowest BCUT2D eigenvalue weighted by Gasteiger charge is -1.96. The first-order valence-electron chi connectivity index (χ1n) is 2.15. The molecule has 0 amide bonds. The monoisotopic (exact) mass is 143 g/mol. The first-order valence-corrected chi connectivity index (χ1v) is 2.59. The second-order valence-electron chi connectivity index (χ2n) is 1.24. The van der Waals surface area contributed by atoms with E-state index in [4.69, 9.17) is 17.3 Å². The Balaban J connectivity index is 0. The predicted molar refractivity (Wildman–Crippen MR) is 36.2 cm³/mol. The minimum atomic E-state index is 0. The molecular weight excluding hydrogens is 133 g/mol. The zero-order valence-electron chi connectivity index (χ0n) is 4.36. The second kappa shape index (κ2) is 6.54. The summed E-state index contributed by atoms with van der Waals surface area (Å²) in [7, 11) is 0. The molecule has 0 aromatic heterocycles. The quantitative estimate of drug-likeness (QED) is 0.582. The standard InChI is InChI=1S/C4H10ClN.ClH/c1-2-4(5)3-6;/h4H,2-3,6H2,1H3;1H. The van der Waals surface area contributed by atoms with E-state index in [0.29, 0.717) is 6.54 Å². The van der Waals surface area contributed by atoms with Gasteiger partial charge in [-0.25, -0.2) is 0 Å². The topological polar surface area (TPSA) is 26.0 Å². The van der Waals surface area contributed by atoms with Crippen molar-refractivity contribution in [1.82, 2.24) is 0 Å². The van der Waals surface area contributed by atoms with Crippen molar-refractivity contribution in [3.63, 3.8) is 0 Å². The highest BCUT2D eigenvalue weighted by Crippen LogP contribution is 1.95. The van der Waals surface area contributed by atoms with Crippen LogP contribution in [0.25, 0.3) is 0 Å².